The van der Waals surface area contributed by atoms with Gasteiger partial charge in [0, 0.05) is 0 Å². The Morgan fingerprint density at radius 3 is 2.30 bits per heavy atom. The largest absolute Gasteiger partial charge is 0.479 e. The molecule has 5 nitrogen and oxygen atoms in total. The average molecular weight is 280 g/mol. The van der Waals surface area contributed by atoms with Gasteiger partial charge in [-0.25, -0.2) is 4.79 Å². The van der Waals surface area contributed by atoms with Gasteiger partial charge in [-0.1, -0.05) is 30.3 Å². The molecule has 0 aromatic heterocycles. The molecule has 0 heterocycles. The van der Waals surface area contributed by atoms with Crippen molar-refractivity contribution in [1.82, 2.24) is 0 Å². The maximum absolute atomic E-state index is 11.6. The number of carboxylic acids is 1. The van der Waals surface area contributed by atoms with Gasteiger partial charge in [0.25, 0.3) is 0 Å². The number of ether oxygens (including phenoxy) is 2. The maximum atomic E-state index is 11.6. The summed E-state index contributed by atoms with van der Waals surface area (Å²) >= 11 is 0. The molecule has 0 aliphatic heterocycles. The van der Waals surface area contributed by atoms with Crippen LogP contribution in [0.2, 0.25) is 0 Å². The van der Waals surface area contributed by atoms with Crippen LogP contribution in [0.25, 0.3) is 0 Å². The lowest BCUT2D eigenvalue weighted by Crippen LogP contribution is -2.31. The Kier molecular flexibility index (Phi) is 5.70. The second-order valence-electron chi connectivity index (χ2n) is 5.41. The normalized spacial score (nSPS) is 12.8. The monoisotopic (exact) mass is 280 g/mol. The van der Waals surface area contributed by atoms with E-state index in [4.69, 9.17) is 14.6 Å². The second kappa shape index (κ2) is 7.05. The zero-order valence-electron chi connectivity index (χ0n) is 12.0. The molecule has 110 valence electrons. The summed E-state index contributed by atoms with van der Waals surface area (Å²) in [4.78, 5) is 22.7. The van der Waals surface area contributed by atoms with E-state index in [0.29, 0.717) is 0 Å². The molecule has 0 saturated heterocycles. The fourth-order valence-electron chi connectivity index (χ4n) is 1.52. The molecular formula is C15H20O5. The van der Waals surface area contributed by atoms with Crippen molar-refractivity contribution in [3.8, 4) is 0 Å². The minimum atomic E-state index is -1.20. The standard InChI is InChI=1S/C15H20O5/c1-15(2,3)20-13(16)9-12(14(17)18)19-10-11-7-5-4-6-8-11/h4-8,12H,9-10H2,1-3H3,(H,17,18). The molecule has 0 fully saturated rings. The van der Waals surface area contributed by atoms with Crippen molar-refractivity contribution < 1.29 is 24.2 Å². The summed E-state index contributed by atoms with van der Waals surface area (Å²) in [6, 6.07) is 9.18. The first-order valence-electron chi connectivity index (χ1n) is 6.38. The van der Waals surface area contributed by atoms with Crippen molar-refractivity contribution in [2.24, 2.45) is 0 Å². The summed E-state index contributed by atoms with van der Waals surface area (Å²) in [6.45, 7) is 5.32. The number of hydrogen-bond acceptors (Lipinski definition) is 4. The Morgan fingerprint density at radius 2 is 1.80 bits per heavy atom. The summed E-state index contributed by atoms with van der Waals surface area (Å²) in [5.41, 5.74) is 0.211. The number of carboxylic acid groups (broad SMARTS) is 1. The quantitative estimate of drug-likeness (QED) is 0.810. The van der Waals surface area contributed by atoms with Gasteiger partial charge >= 0.3 is 11.9 Å². The van der Waals surface area contributed by atoms with E-state index in [1.165, 1.54) is 0 Å². The molecular weight excluding hydrogens is 260 g/mol. The van der Waals surface area contributed by atoms with E-state index in [1.807, 2.05) is 30.3 Å². The molecule has 1 aromatic rings. The van der Waals surface area contributed by atoms with Crippen molar-refractivity contribution in [2.45, 2.75) is 45.5 Å². The molecule has 5 heteroatoms. The third kappa shape index (κ3) is 6.33. The Morgan fingerprint density at radius 1 is 1.20 bits per heavy atom. The maximum Gasteiger partial charge on any atom is 0.333 e. The van der Waals surface area contributed by atoms with Crippen LogP contribution in [-0.4, -0.2) is 28.8 Å². The third-order valence-electron chi connectivity index (χ3n) is 2.34. The molecule has 0 saturated carbocycles. The van der Waals surface area contributed by atoms with Gasteiger partial charge in [-0.15, -0.1) is 0 Å². The van der Waals surface area contributed by atoms with Gasteiger partial charge in [-0.3, -0.25) is 4.79 Å². The second-order valence-corrected chi connectivity index (χ2v) is 5.41. The molecule has 0 amide bonds. The first-order valence-corrected chi connectivity index (χ1v) is 6.38. The predicted molar refractivity (Wildman–Crippen MR) is 73.1 cm³/mol. The fourth-order valence-corrected chi connectivity index (χ4v) is 1.52. The minimum absolute atomic E-state index is 0.139. The predicted octanol–water partition coefficient (Wildman–Crippen LogP) is 2.39. The highest BCUT2D eigenvalue weighted by Gasteiger charge is 2.25. The molecule has 1 atom stereocenters. The van der Waals surface area contributed by atoms with E-state index in [2.05, 4.69) is 0 Å². The molecule has 0 spiro atoms. The van der Waals surface area contributed by atoms with Crippen LogP contribution in [0.5, 0.6) is 0 Å². The van der Waals surface area contributed by atoms with Gasteiger partial charge in [-0.2, -0.15) is 0 Å². The average Bonchev–Trinajstić information content (AvgIpc) is 2.33. The van der Waals surface area contributed by atoms with E-state index < -0.39 is 23.6 Å². The molecule has 1 N–H and O–H groups in total. The number of esters is 1. The van der Waals surface area contributed by atoms with E-state index in [0.717, 1.165) is 5.56 Å². The minimum Gasteiger partial charge on any atom is -0.479 e. The SMILES string of the molecule is CC(C)(C)OC(=O)CC(OCc1ccccc1)C(=O)O. The highest BCUT2D eigenvalue weighted by atomic mass is 16.6. The van der Waals surface area contributed by atoms with Crippen LogP contribution >= 0.6 is 0 Å². The first kappa shape index (κ1) is 16.2. The van der Waals surface area contributed by atoms with Gasteiger partial charge in [0.1, 0.15) is 5.60 Å². The molecule has 1 aromatic carbocycles. The van der Waals surface area contributed by atoms with Crippen molar-refractivity contribution in [3.63, 3.8) is 0 Å². The van der Waals surface area contributed by atoms with Crippen LogP contribution in [0.4, 0.5) is 0 Å². The summed E-state index contributed by atoms with van der Waals surface area (Å²) in [7, 11) is 0. The Balaban J connectivity index is 2.53. The molecule has 0 bridgehead atoms. The molecule has 20 heavy (non-hydrogen) atoms. The van der Waals surface area contributed by atoms with Gasteiger partial charge < -0.3 is 14.6 Å². The highest BCUT2D eigenvalue weighted by molar-refractivity contribution is 5.80. The summed E-state index contributed by atoms with van der Waals surface area (Å²) in [6.07, 6.45) is -1.51. The third-order valence-corrected chi connectivity index (χ3v) is 2.34. The van der Waals surface area contributed by atoms with Gasteiger partial charge in [-0.05, 0) is 26.3 Å². The molecule has 1 unspecified atom stereocenters. The van der Waals surface area contributed by atoms with E-state index >= 15 is 0 Å². The number of carbonyl (C=O) groups is 2. The molecule has 0 aliphatic carbocycles. The lowest BCUT2D eigenvalue weighted by Gasteiger charge is -2.21. The van der Waals surface area contributed by atoms with Gasteiger partial charge in [0.15, 0.2) is 6.10 Å². The number of rotatable bonds is 6. The van der Waals surface area contributed by atoms with E-state index in [9.17, 15) is 9.59 Å². The summed E-state index contributed by atoms with van der Waals surface area (Å²) in [5.74, 6) is -1.76. The van der Waals surface area contributed by atoms with Crippen molar-refractivity contribution in [1.29, 1.82) is 0 Å². The molecule has 1 rings (SSSR count). The number of carbonyl (C=O) groups excluding carboxylic acids is 1. The highest BCUT2D eigenvalue weighted by Crippen LogP contribution is 2.12. The lowest BCUT2D eigenvalue weighted by atomic mass is 10.2. The lowest BCUT2D eigenvalue weighted by molar-refractivity contribution is -0.166. The van der Waals surface area contributed by atoms with Crippen LogP contribution < -0.4 is 0 Å². The summed E-state index contributed by atoms with van der Waals surface area (Å²) < 4.78 is 10.4. The Labute approximate surface area is 118 Å². The van der Waals surface area contributed by atoms with Crippen molar-refractivity contribution in [3.05, 3.63) is 35.9 Å². The van der Waals surface area contributed by atoms with E-state index in [-0.39, 0.29) is 13.0 Å². The Bertz CT molecular complexity index is 447. The molecule has 0 radical (unpaired) electrons. The Hall–Kier alpha value is -1.88. The molecule has 0 aliphatic rings. The van der Waals surface area contributed by atoms with Gasteiger partial charge in [0.2, 0.25) is 0 Å². The van der Waals surface area contributed by atoms with Crippen molar-refractivity contribution in [2.75, 3.05) is 0 Å². The number of hydrogen-bond donors (Lipinski definition) is 1. The van der Waals surface area contributed by atoms with Crippen LogP contribution in [0.3, 0.4) is 0 Å². The first-order chi connectivity index (χ1) is 9.28. The number of aliphatic carboxylic acids is 1. The summed E-state index contributed by atoms with van der Waals surface area (Å²) in [5, 5.41) is 9.07. The van der Waals surface area contributed by atoms with Crippen LogP contribution in [0.15, 0.2) is 30.3 Å². The smallest absolute Gasteiger partial charge is 0.333 e. The zero-order valence-corrected chi connectivity index (χ0v) is 12.0. The topological polar surface area (TPSA) is 72.8 Å². The van der Waals surface area contributed by atoms with Crippen LogP contribution in [0, 0.1) is 0 Å². The van der Waals surface area contributed by atoms with E-state index in [1.54, 1.807) is 20.8 Å². The van der Waals surface area contributed by atoms with Crippen LogP contribution in [0.1, 0.15) is 32.8 Å². The number of benzene rings is 1. The van der Waals surface area contributed by atoms with Gasteiger partial charge in [0.05, 0.1) is 13.0 Å². The van der Waals surface area contributed by atoms with Crippen molar-refractivity contribution >= 4 is 11.9 Å². The zero-order chi connectivity index (χ0) is 15.2. The fraction of sp³-hybridized carbons (Fsp3) is 0.467. The van der Waals surface area contributed by atoms with Crippen LogP contribution in [-0.2, 0) is 25.7 Å².